The minimum Gasteiger partial charge on any atom is -0.378 e. The van der Waals surface area contributed by atoms with E-state index in [1.165, 1.54) is 17.5 Å². The van der Waals surface area contributed by atoms with Gasteiger partial charge in [-0.3, -0.25) is 0 Å². The minimum absolute atomic E-state index is 0.452. The van der Waals surface area contributed by atoms with Crippen LogP contribution in [-0.4, -0.2) is 24.1 Å². The average Bonchev–Trinajstić information content (AvgIpc) is 2.83. The molecule has 1 atom stereocenters. The van der Waals surface area contributed by atoms with E-state index >= 15 is 0 Å². The van der Waals surface area contributed by atoms with Crippen molar-refractivity contribution in [2.75, 3.05) is 18.4 Å². The van der Waals surface area contributed by atoms with Crippen molar-refractivity contribution in [3.05, 3.63) is 22.7 Å². The number of anilines is 1. The Hall–Kier alpha value is -0.840. The van der Waals surface area contributed by atoms with Gasteiger partial charge in [0.15, 0.2) is 0 Å². The third-order valence-electron chi connectivity index (χ3n) is 3.10. The lowest BCUT2D eigenvalue weighted by Gasteiger charge is -2.25. The van der Waals surface area contributed by atoms with E-state index in [2.05, 4.69) is 15.6 Å². The molecule has 90 valence electrons. The van der Waals surface area contributed by atoms with Crippen molar-refractivity contribution in [1.82, 2.24) is 10.3 Å². The molecule has 1 aliphatic rings. The second kappa shape index (κ2) is 4.80. The van der Waals surface area contributed by atoms with E-state index in [0.717, 1.165) is 29.3 Å². The number of rotatable bonds is 2. The average molecular weight is 268 g/mol. The number of hydrogen-bond donors (Lipinski definition) is 2. The van der Waals surface area contributed by atoms with Crippen LogP contribution in [0.4, 0.5) is 5.69 Å². The first kappa shape index (κ1) is 11.3. The third-order valence-corrected chi connectivity index (χ3v) is 4.21. The van der Waals surface area contributed by atoms with E-state index < -0.39 is 0 Å². The van der Waals surface area contributed by atoms with Gasteiger partial charge in [0.2, 0.25) is 0 Å². The molecule has 3 rings (SSSR count). The quantitative estimate of drug-likeness (QED) is 0.878. The first-order chi connectivity index (χ1) is 8.34. The molecule has 0 saturated carbocycles. The van der Waals surface area contributed by atoms with Gasteiger partial charge in [0, 0.05) is 12.6 Å². The fourth-order valence-corrected chi connectivity index (χ4v) is 3.11. The molecule has 2 N–H and O–H groups in total. The largest absolute Gasteiger partial charge is 0.378 e. The van der Waals surface area contributed by atoms with Crippen LogP contribution in [0.15, 0.2) is 17.6 Å². The molecule has 2 aromatic rings. The van der Waals surface area contributed by atoms with Crippen LogP contribution >= 0.6 is 22.9 Å². The summed E-state index contributed by atoms with van der Waals surface area (Å²) >= 11 is 7.91. The number of nitrogens with one attached hydrogen (secondary N) is 2. The SMILES string of the molecule is Clc1ccc2scnc2c1NC1CCCNC1. The Morgan fingerprint density at radius 1 is 1.47 bits per heavy atom. The van der Waals surface area contributed by atoms with Crippen LogP contribution in [0.2, 0.25) is 5.02 Å². The molecule has 1 saturated heterocycles. The van der Waals surface area contributed by atoms with Crippen LogP contribution in [0, 0.1) is 0 Å². The summed E-state index contributed by atoms with van der Waals surface area (Å²) in [6.45, 7) is 2.11. The highest BCUT2D eigenvalue weighted by Gasteiger charge is 2.16. The number of benzene rings is 1. The van der Waals surface area contributed by atoms with Crippen LogP contribution in [0.1, 0.15) is 12.8 Å². The Labute approximate surface area is 109 Å². The van der Waals surface area contributed by atoms with Gasteiger partial charge < -0.3 is 10.6 Å². The van der Waals surface area contributed by atoms with Gasteiger partial charge in [0.05, 0.1) is 20.9 Å². The monoisotopic (exact) mass is 267 g/mol. The van der Waals surface area contributed by atoms with E-state index in [1.54, 1.807) is 11.3 Å². The summed E-state index contributed by atoms with van der Waals surface area (Å²) in [6.07, 6.45) is 2.40. The Kier molecular flexibility index (Phi) is 3.18. The van der Waals surface area contributed by atoms with E-state index in [0.29, 0.717) is 6.04 Å². The number of halogens is 1. The van der Waals surface area contributed by atoms with Crippen molar-refractivity contribution >= 4 is 38.8 Å². The highest BCUT2D eigenvalue weighted by molar-refractivity contribution is 7.16. The van der Waals surface area contributed by atoms with Gasteiger partial charge in [0.1, 0.15) is 5.52 Å². The smallest absolute Gasteiger partial charge is 0.106 e. The van der Waals surface area contributed by atoms with E-state index in [9.17, 15) is 0 Å². The highest BCUT2D eigenvalue weighted by atomic mass is 35.5. The van der Waals surface area contributed by atoms with Crippen molar-refractivity contribution in [2.24, 2.45) is 0 Å². The summed E-state index contributed by atoms with van der Waals surface area (Å²) in [7, 11) is 0. The zero-order chi connectivity index (χ0) is 11.7. The van der Waals surface area contributed by atoms with E-state index in [4.69, 9.17) is 11.6 Å². The minimum atomic E-state index is 0.452. The van der Waals surface area contributed by atoms with Crippen LogP contribution in [0.25, 0.3) is 10.2 Å². The van der Waals surface area contributed by atoms with Gasteiger partial charge in [-0.25, -0.2) is 4.98 Å². The molecule has 3 nitrogen and oxygen atoms in total. The molecule has 1 fully saturated rings. The molecule has 0 radical (unpaired) electrons. The topological polar surface area (TPSA) is 37.0 Å². The zero-order valence-corrected chi connectivity index (χ0v) is 10.9. The predicted octanol–water partition coefficient (Wildman–Crippen LogP) is 3.11. The van der Waals surface area contributed by atoms with Crippen molar-refractivity contribution < 1.29 is 0 Å². The molecule has 17 heavy (non-hydrogen) atoms. The second-order valence-electron chi connectivity index (χ2n) is 4.31. The maximum absolute atomic E-state index is 6.26. The fourth-order valence-electron chi connectivity index (χ4n) is 2.22. The molecule has 0 amide bonds. The Balaban J connectivity index is 1.92. The van der Waals surface area contributed by atoms with E-state index in [-0.39, 0.29) is 0 Å². The molecular formula is C12H14ClN3S. The van der Waals surface area contributed by atoms with Gasteiger partial charge in [-0.05, 0) is 31.5 Å². The van der Waals surface area contributed by atoms with Crippen molar-refractivity contribution in [3.63, 3.8) is 0 Å². The predicted molar refractivity (Wildman–Crippen MR) is 74.1 cm³/mol. The summed E-state index contributed by atoms with van der Waals surface area (Å²) in [6, 6.07) is 4.42. The number of aromatic nitrogens is 1. The lowest BCUT2D eigenvalue weighted by atomic mass is 10.1. The first-order valence-electron chi connectivity index (χ1n) is 5.83. The maximum Gasteiger partial charge on any atom is 0.106 e. The van der Waals surface area contributed by atoms with Crippen LogP contribution in [-0.2, 0) is 0 Å². The Morgan fingerprint density at radius 2 is 2.41 bits per heavy atom. The summed E-state index contributed by atoms with van der Waals surface area (Å²) < 4.78 is 1.18. The van der Waals surface area contributed by atoms with Gasteiger partial charge in [-0.2, -0.15) is 0 Å². The molecule has 0 aliphatic carbocycles. The molecule has 0 spiro atoms. The molecule has 2 heterocycles. The van der Waals surface area contributed by atoms with Crippen molar-refractivity contribution in [3.8, 4) is 0 Å². The fraction of sp³-hybridized carbons (Fsp3) is 0.417. The maximum atomic E-state index is 6.26. The summed E-state index contributed by atoms with van der Waals surface area (Å²) in [5.41, 5.74) is 3.85. The lowest BCUT2D eigenvalue weighted by molar-refractivity contribution is 0.480. The van der Waals surface area contributed by atoms with Gasteiger partial charge in [-0.1, -0.05) is 11.6 Å². The molecule has 1 unspecified atom stereocenters. The molecule has 0 bridgehead atoms. The summed E-state index contributed by atoms with van der Waals surface area (Å²) in [5, 5.41) is 7.68. The number of nitrogens with zero attached hydrogens (tertiary/aromatic N) is 1. The summed E-state index contributed by atoms with van der Waals surface area (Å²) in [5.74, 6) is 0. The Morgan fingerprint density at radius 3 is 3.24 bits per heavy atom. The molecule has 1 aromatic carbocycles. The summed E-state index contributed by atoms with van der Waals surface area (Å²) in [4.78, 5) is 4.40. The molecule has 1 aliphatic heterocycles. The molecular weight excluding hydrogens is 254 g/mol. The first-order valence-corrected chi connectivity index (χ1v) is 7.09. The molecule has 5 heteroatoms. The second-order valence-corrected chi connectivity index (χ2v) is 5.60. The van der Waals surface area contributed by atoms with Crippen LogP contribution in [0.5, 0.6) is 0 Å². The Bertz CT molecular complexity index is 519. The van der Waals surface area contributed by atoms with Gasteiger partial charge in [-0.15, -0.1) is 11.3 Å². The van der Waals surface area contributed by atoms with E-state index in [1.807, 2.05) is 17.6 Å². The van der Waals surface area contributed by atoms with Gasteiger partial charge >= 0.3 is 0 Å². The molecule has 1 aromatic heterocycles. The number of piperidine rings is 1. The third kappa shape index (κ3) is 2.25. The van der Waals surface area contributed by atoms with Crippen LogP contribution in [0.3, 0.4) is 0 Å². The highest BCUT2D eigenvalue weighted by Crippen LogP contribution is 2.33. The number of fused-ring (bicyclic) bond motifs is 1. The van der Waals surface area contributed by atoms with Crippen LogP contribution < -0.4 is 10.6 Å². The number of thiazole rings is 1. The zero-order valence-electron chi connectivity index (χ0n) is 9.37. The van der Waals surface area contributed by atoms with Crippen molar-refractivity contribution in [2.45, 2.75) is 18.9 Å². The number of hydrogen-bond acceptors (Lipinski definition) is 4. The van der Waals surface area contributed by atoms with Crippen molar-refractivity contribution in [1.29, 1.82) is 0 Å². The van der Waals surface area contributed by atoms with Gasteiger partial charge in [0.25, 0.3) is 0 Å². The lowest BCUT2D eigenvalue weighted by Crippen LogP contribution is -2.38. The standard InChI is InChI=1S/C12H14ClN3S/c13-9-3-4-10-12(15-7-17-10)11(9)16-8-2-1-5-14-6-8/h3-4,7-8,14,16H,1-2,5-6H2. The normalized spacial score (nSPS) is 20.6.